The maximum Gasteiger partial charge on any atom is 0.222 e. The van der Waals surface area contributed by atoms with Gasteiger partial charge >= 0.3 is 0 Å². The van der Waals surface area contributed by atoms with Crippen molar-refractivity contribution in [2.75, 3.05) is 39.4 Å². The predicted molar refractivity (Wildman–Crippen MR) is 87.4 cm³/mol. The smallest absolute Gasteiger partial charge is 0.222 e. The Kier molecular flexibility index (Phi) is 9.68. The van der Waals surface area contributed by atoms with Crippen molar-refractivity contribution in [3.8, 4) is 0 Å². The topological polar surface area (TPSA) is 41.6 Å². The molecular weight excluding hydrogens is 264 g/mol. The maximum atomic E-state index is 12.4. The van der Waals surface area contributed by atoms with Crippen LogP contribution < -0.4 is 5.32 Å². The summed E-state index contributed by atoms with van der Waals surface area (Å²) in [6, 6.07) is 0. The average molecular weight is 298 g/mol. The molecule has 2 rings (SSSR count). The van der Waals surface area contributed by atoms with Gasteiger partial charge in [0.15, 0.2) is 0 Å². The number of hydrogen-bond acceptors (Lipinski definition) is 3. The van der Waals surface area contributed by atoms with Crippen molar-refractivity contribution in [2.45, 2.75) is 52.9 Å². The number of amides is 1. The molecule has 2 aliphatic rings. The number of likely N-dealkylation sites (tertiary alicyclic amines) is 1. The molecule has 0 spiro atoms. The molecule has 1 amide bonds. The highest BCUT2D eigenvalue weighted by atomic mass is 16.5. The number of ether oxygens (including phenoxy) is 1. The summed E-state index contributed by atoms with van der Waals surface area (Å²) >= 11 is 0. The highest BCUT2D eigenvalue weighted by Gasteiger charge is 2.26. The van der Waals surface area contributed by atoms with E-state index in [9.17, 15) is 4.79 Å². The molecule has 0 aromatic rings. The standard InChI is InChI=1S/C15H28N2O2.C2H6/c1-2-19-12-14-4-3-9-17(11-14)15(18)10-13-5-7-16-8-6-13;1-2/h13-14,16H,2-12H2,1H3;1-2H3. The molecule has 0 radical (unpaired) electrons. The van der Waals surface area contributed by atoms with Crippen LogP contribution in [0.4, 0.5) is 0 Å². The van der Waals surface area contributed by atoms with Crippen LogP contribution in [0, 0.1) is 11.8 Å². The van der Waals surface area contributed by atoms with Gasteiger partial charge in [0.25, 0.3) is 0 Å². The quantitative estimate of drug-likeness (QED) is 0.848. The van der Waals surface area contributed by atoms with Crippen molar-refractivity contribution >= 4 is 5.91 Å². The Morgan fingerprint density at radius 3 is 2.57 bits per heavy atom. The van der Waals surface area contributed by atoms with E-state index in [2.05, 4.69) is 10.2 Å². The Morgan fingerprint density at radius 2 is 1.90 bits per heavy atom. The van der Waals surface area contributed by atoms with Gasteiger partial charge in [0.2, 0.25) is 5.91 Å². The van der Waals surface area contributed by atoms with Crippen LogP contribution in [0.2, 0.25) is 0 Å². The molecule has 1 atom stereocenters. The molecule has 2 saturated heterocycles. The largest absolute Gasteiger partial charge is 0.381 e. The molecule has 1 N–H and O–H groups in total. The van der Waals surface area contributed by atoms with Gasteiger partial charge in [0.1, 0.15) is 0 Å². The first-order valence-corrected chi connectivity index (χ1v) is 8.85. The van der Waals surface area contributed by atoms with Gasteiger partial charge in [0.05, 0.1) is 6.61 Å². The molecule has 21 heavy (non-hydrogen) atoms. The molecule has 0 aliphatic carbocycles. The average Bonchev–Trinajstić information content (AvgIpc) is 2.56. The fraction of sp³-hybridized carbons (Fsp3) is 0.941. The first-order valence-electron chi connectivity index (χ1n) is 8.85. The van der Waals surface area contributed by atoms with E-state index >= 15 is 0 Å². The molecule has 2 aliphatic heterocycles. The molecule has 0 aromatic heterocycles. The maximum absolute atomic E-state index is 12.4. The van der Waals surface area contributed by atoms with E-state index in [0.29, 0.717) is 17.7 Å². The van der Waals surface area contributed by atoms with Crippen molar-refractivity contribution in [2.24, 2.45) is 11.8 Å². The summed E-state index contributed by atoms with van der Waals surface area (Å²) in [6.45, 7) is 11.6. The minimum atomic E-state index is 0.369. The van der Waals surface area contributed by atoms with Gasteiger partial charge < -0.3 is 15.0 Å². The lowest BCUT2D eigenvalue weighted by molar-refractivity contribution is -0.134. The highest BCUT2D eigenvalue weighted by molar-refractivity contribution is 5.76. The number of rotatable bonds is 5. The first kappa shape index (κ1) is 18.4. The Hall–Kier alpha value is -0.610. The van der Waals surface area contributed by atoms with E-state index in [1.54, 1.807) is 0 Å². The van der Waals surface area contributed by atoms with Crippen molar-refractivity contribution in [1.82, 2.24) is 10.2 Å². The highest BCUT2D eigenvalue weighted by Crippen LogP contribution is 2.21. The van der Waals surface area contributed by atoms with Gasteiger partial charge in [-0.15, -0.1) is 0 Å². The van der Waals surface area contributed by atoms with Gasteiger partial charge in [0, 0.05) is 26.1 Å². The molecule has 2 fully saturated rings. The van der Waals surface area contributed by atoms with E-state index in [1.807, 2.05) is 20.8 Å². The second kappa shape index (κ2) is 11.0. The van der Waals surface area contributed by atoms with E-state index in [0.717, 1.165) is 65.1 Å². The monoisotopic (exact) mass is 298 g/mol. The van der Waals surface area contributed by atoms with Crippen LogP contribution >= 0.6 is 0 Å². The lowest BCUT2D eigenvalue weighted by Gasteiger charge is -2.34. The molecule has 124 valence electrons. The second-order valence-electron chi connectivity index (χ2n) is 5.90. The van der Waals surface area contributed by atoms with Crippen molar-refractivity contribution < 1.29 is 9.53 Å². The summed E-state index contributed by atoms with van der Waals surface area (Å²) in [5, 5.41) is 3.36. The third-order valence-corrected chi connectivity index (χ3v) is 4.35. The fourth-order valence-electron chi connectivity index (χ4n) is 3.17. The molecule has 2 heterocycles. The lowest BCUT2D eigenvalue weighted by atomic mass is 9.92. The van der Waals surface area contributed by atoms with Crippen LogP contribution in [0.3, 0.4) is 0 Å². The molecule has 0 saturated carbocycles. The Morgan fingerprint density at radius 1 is 1.19 bits per heavy atom. The first-order chi connectivity index (χ1) is 10.3. The molecule has 0 aromatic carbocycles. The van der Waals surface area contributed by atoms with Crippen LogP contribution in [-0.2, 0) is 9.53 Å². The van der Waals surface area contributed by atoms with Gasteiger partial charge in [-0.2, -0.15) is 0 Å². The lowest BCUT2D eigenvalue weighted by Crippen LogP contribution is -2.42. The minimum absolute atomic E-state index is 0.369. The van der Waals surface area contributed by atoms with Gasteiger partial charge in [-0.25, -0.2) is 0 Å². The normalized spacial score (nSPS) is 23.4. The van der Waals surface area contributed by atoms with Crippen molar-refractivity contribution in [3.05, 3.63) is 0 Å². The van der Waals surface area contributed by atoms with Gasteiger partial charge in [-0.05, 0) is 57.5 Å². The Labute approximate surface area is 130 Å². The number of carbonyl (C=O) groups is 1. The third kappa shape index (κ3) is 6.79. The third-order valence-electron chi connectivity index (χ3n) is 4.35. The van der Waals surface area contributed by atoms with Crippen molar-refractivity contribution in [3.63, 3.8) is 0 Å². The molecule has 1 unspecified atom stereocenters. The number of piperidine rings is 2. The number of hydrogen-bond donors (Lipinski definition) is 1. The number of carbonyl (C=O) groups excluding carboxylic acids is 1. The second-order valence-corrected chi connectivity index (χ2v) is 5.90. The zero-order chi connectivity index (χ0) is 15.5. The van der Waals surface area contributed by atoms with Crippen LogP contribution in [0.25, 0.3) is 0 Å². The zero-order valence-electron chi connectivity index (χ0n) is 14.2. The number of nitrogens with one attached hydrogen (secondary N) is 1. The van der Waals surface area contributed by atoms with Crippen LogP contribution in [0.15, 0.2) is 0 Å². The van der Waals surface area contributed by atoms with Gasteiger partial charge in [-0.3, -0.25) is 4.79 Å². The van der Waals surface area contributed by atoms with E-state index in [1.165, 1.54) is 6.42 Å². The Bertz CT molecular complexity index is 278. The molecule has 4 nitrogen and oxygen atoms in total. The summed E-state index contributed by atoms with van der Waals surface area (Å²) in [5.74, 6) is 1.51. The summed E-state index contributed by atoms with van der Waals surface area (Å²) in [6.07, 6.45) is 5.40. The van der Waals surface area contributed by atoms with Crippen LogP contribution in [-0.4, -0.2) is 50.2 Å². The summed E-state index contributed by atoms with van der Waals surface area (Å²) < 4.78 is 5.50. The predicted octanol–water partition coefficient (Wildman–Crippen LogP) is 2.68. The molecule has 4 heteroatoms. The van der Waals surface area contributed by atoms with E-state index in [-0.39, 0.29) is 0 Å². The van der Waals surface area contributed by atoms with Crippen LogP contribution in [0.1, 0.15) is 52.9 Å². The van der Waals surface area contributed by atoms with E-state index in [4.69, 9.17) is 4.74 Å². The molecular formula is C17H34N2O2. The van der Waals surface area contributed by atoms with Crippen LogP contribution in [0.5, 0.6) is 0 Å². The summed E-state index contributed by atoms with van der Waals surface area (Å²) in [7, 11) is 0. The minimum Gasteiger partial charge on any atom is -0.381 e. The SMILES string of the molecule is CC.CCOCC1CCCN(C(=O)CC2CCNCC2)C1. The summed E-state index contributed by atoms with van der Waals surface area (Å²) in [4.78, 5) is 14.4. The van der Waals surface area contributed by atoms with Gasteiger partial charge in [-0.1, -0.05) is 13.8 Å². The van der Waals surface area contributed by atoms with Crippen molar-refractivity contribution in [1.29, 1.82) is 0 Å². The van der Waals surface area contributed by atoms with E-state index < -0.39 is 0 Å². The zero-order valence-corrected chi connectivity index (χ0v) is 14.2. The Balaban J connectivity index is 0.00000106. The molecule has 0 bridgehead atoms. The fourth-order valence-corrected chi connectivity index (χ4v) is 3.17. The summed E-state index contributed by atoms with van der Waals surface area (Å²) in [5.41, 5.74) is 0. The number of nitrogens with zero attached hydrogens (tertiary/aromatic N) is 1.